The number of nitrogens with one attached hydrogen (secondary N) is 1. The second-order valence-electron chi connectivity index (χ2n) is 6.01. The number of fused-ring (bicyclic) bond motifs is 3. The van der Waals surface area contributed by atoms with E-state index in [2.05, 4.69) is 4.98 Å². The fourth-order valence-corrected chi connectivity index (χ4v) is 3.18. The minimum atomic E-state index is -0.422. The number of aromatic nitrogens is 4. The second kappa shape index (κ2) is 4.67. The third-order valence-electron chi connectivity index (χ3n) is 4.41. The number of benzene rings is 1. The predicted molar refractivity (Wildman–Crippen MR) is 87.3 cm³/mol. The second-order valence-corrected chi connectivity index (χ2v) is 6.01. The third-order valence-corrected chi connectivity index (χ3v) is 4.41. The molecule has 1 aromatic carbocycles. The maximum atomic E-state index is 12.5. The number of nitrogens with zero attached hydrogens (tertiary/aromatic N) is 4. The zero-order valence-corrected chi connectivity index (χ0v) is 13.5. The van der Waals surface area contributed by atoms with Gasteiger partial charge in [0.05, 0.1) is 0 Å². The number of imidazole rings is 1. The molecule has 2 aromatic heterocycles. The van der Waals surface area contributed by atoms with Crippen LogP contribution in [0.4, 0.5) is 11.6 Å². The number of hydrogen-bond acceptors (Lipinski definition) is 3. The summed E-state index contributed by atoms with van der Waals surface area (Å²) in [7, 11) is 3.02. The zero-order chi connectivity index (χ0) is 17.2. The van der Waals surface area contributed by atoms with Crippen molar-refractivity contribution in [3.63, 3.8) is 0 Å². The first-order chi connectivity index (χ1) is 11.4. The first kappa shape index (κ1) is 14.4. The van der Waals surface area contributed by atoms with Gasteiger partial charge in [-0.05, 0) is 24.6 Å². The topological polar surface area (TPSA) is 84.0 Å². The number of amides is 1. The molecule has 1 amide bonds. The number of carbonyl (C=O) groups is 1. The van der Waals surface area contributed by atoms with Gasteiger partial charge in [-0.15, -0.1) is 0 Å². The van der Waals surface area contributed by atoms with Crippen LogP contribution < -0.4 is 20.7 Å². The maximum Gasteiger partial charge on any atom is 0.372 e. The van der Waals surface area contributed by atoms with E-state index in [4.69, 9.17) is 0 Å². The molecule has 0 bridgehead atoms. The molecule has 24 heavy (non-hydrogen) atoms. The summed E-state index contributed by atoms with van der Waals surface area (Å²) in [6.07, 6.45) is 0. The van der Waals surface area contributed by atoms with Gasteiger partial charge in [-0.25, -0.2) is 14.3 Å². The first-order valence-corrected chi connectivity index (χ1v) is 7.51. The quantitative estimate of drug-likeness (QED) is 0.631. The van der Waals surface area contributed by atoms with Gasteiger partial charge in [0.2, 0.25) is 11.2 Å². The van der Waals surface area contributed by atoms with E-state index in [1.807, 2.05) is 31.2 Å². The maximum absolute atomic E-state index is 12.5. The van der Waals surface area contributed by atoms with Crippen LogP contribution >= 0.6 is 0 Å². The van der Waals surface area contributed by atoms with Gasteiger partial charge in [-0.1, -0.05) is 12.1 Å². The van der Waals surface area contributed by atoms with E-state index < -0.39 is 11.2 Å². The van der Waals surface area contributed by atoms with Crippen LogP contribution in [0, 0.1) is 6.92 Å². The number of rotatable bonds is 1. The summed E-state index contributed by atoms with van der Waals surface area (Å²) >= 11 is 0. The van der Waals surface area contributed by atoms with Crippen molar-refractivity contribution < 1.29 is 9.36 Å². The molecular weight excluding hydrogens is 310 g/mol. The zero-order valence-electron chi connectivity index (χ0n) is 13.5. The molecule has 1 aliphatic heterocycles. The Morgan fingerprint density at radius 3 is 2.58 bits per heavy atom. The van der Waals surface area contributed by atoms with Crippen molar-refractivity contribution in [1.29, 1.82) is 0 Å². The van der Waals surface area contributed by atoms with Crippen molar-refractivity contribution in [2.45, 2.75) is 13.5 Å². The molecule has 4 rings (SSSR count). The molecule has 0 saturated carbocycles. The Hall–Kier alpha value is -3.16. The van der Waals surface area contributed by atoms with Crippen molar-refractivity contribution in [2.24, 2.45) is 14.1 Å². The van der Waals surface area contributed by atoms with Gasteiger partial charge in [-0.3, -0.25) is 18.7 Å². The number of hydrogen-bond donors (Lipinski definition) is 1. The average molecular weight is 326 g/mol. The van der Waals surface area contributed by atoms with Crippen LogP contribution in [-0.2, 0) is 25.4 Å². The van der Waals surface area contributed by atoms with Gasteiger partial charge in [0, 0.05) is 14.1 Å². The highest BCUT2D eigenvalue weighted by molar-refractivity contribution is 6.00. The normalized spacial score (nSPS) is 13.8. The number of aryl methyl sites for hydroxylation is 2. The van der Waals surface area contributed by atoms with Crippen molar-refractivity contribution in [3.8, 4) is 0 Å². The largest absolute Gasteiger partial charge is 0.372 e. The minimum absolute atomic E-state index is 0.0523. The fraction of sp³-hybridized carbons (Fsp3) is 0.250. The van der Waals surface area contributed by atoms with Crippen LogP contribution in [0.3, 0.4) is 0 Å². The lowest BCUT2D eigenvalue weighted by Gasteiger charge is -2.08. The summed E-state index contributed by atoms with van der Waals surface area (Å²) < 4.78 is 4.05. The van der Waals surface area contributed by atoms with E-state index in [1.165, 1.54) is 16.5 Å². The van der Waals surface area contributed by atoms with Crippen molar-refractivity contribution in [2.75, 3.05) is 4.90 Å². The molecule has 0 spiro atoms. The molecule has 8 nitrogen and oxygen atoms in total. The standard InChI is InChI=1S/C16H15N5O3/c1-9-5-4-6-10(7-9)21-11(22)8-20-12-13(17-15(20)21)18(2)16(24)19(3)14(12)23/h4-7H,8H2,1-3H3/p+1. The Balaban J connectivity index is 2.06. The van der Waals surface area contributed by atoms with Gasteiger partial charge in [0.1, 0.15) is 5.69 Å². The van der Waals surface area contributed by atoms with Gasteiger partial charge >= 0.3 is 17.5 Å². The highest BCUT2D eigenvalue weighted by Crippen LogP contribution is 2.27. The third kappa shape index (κ3) is 1.73. The molecule has 1 aliphatic rings. The molecule has 122 valence electrons. The van der Waals surface area contributed by atoms with Crippen LogP contribution in [0.15, 0.2) is 33.9 Å². The number of anilines is 2. The molecule has 3 aromatic rings. The van der Waals surface area contributed by atoms with Gasteiger partial charge in [0.25, 0.3) is 5.56 Å². The lowest BCUT2D eigenvalue weighted by Crippen LogP contribution is -2.43. The Morgan fingerprint density at radius 2 is 1.88 bits per heavy atom. The predicted octanol–water partition coefficient (Wildman–Crippen LogP) is -0.160. The van der Waals surface area contributed by atoms with E-state index in [1.54, 1.807) is 11.6 Å². The SMILES string of the molecule is Cc1cccc(N2C(=O)C[n+]3c2[nH]c2c3c(=O)n(C)c(=O)n2C)c1. The Bertz CT molecular complexity index is 1140. The minimum Gasteiger partial charge on any atom is -0.267 e. The highest BCUT2D eigenvalue weighted by Gasteiger charge is 2.41. The highest BCUT2D eigenvalue weighted by atomic mass is 16.2. The van der Waals surface area contributed by atoms with Crippen molar-refractivity contribution in [3.05, 3.63) is 50.7 Å². The van der Waals surface area contributed by atoms with Crippen LogP contribution in [0.5, 0.6) is 0 Å². The monoisotopic (exact) mass is 326 g/mol. The molecule has 0 radical (unpaired) electrons. The van der Waals surface area contributed by atoms with E-state index in [-0.39, 0.29) is 12.5 Å². The summed E-state index contributed by atoms with van der Waals surface area (Å²) in [6.45, 7) is 2.00. The van der Waals surface area contributed by atoms with E-state index in [9.17, 15) is 14.4 Å². The Kier molecular flexibility index (Phi) is 2.81. The molecule has 1 N–H and O–H groups in total. The molecule has 0 unspecified atom stereocenters. The summed E-state index contributed by atoms with van der Waals surface area (Å²) in [4.78, 5) is 41.7. The summed E-state index contributed by atoms with van der Waals surface area (Å²) in [5, 5.41) is 0. The number of H-pyrrole nitrogens is 1. The molecule has 0 atom stereocenters. The molecule has 3 heterocycles. The molecular formula is C16H16N5O3+. The Morgan fingerprint density at radius 1 is 1.12 bits per heavy atom. The van der Waals surface area contributed by atoms with Gasteiger partial charge in [0.15, 0.2) is 6.54 Å². The van der Waals surface area contributed by atoms with Crippen molar-refractivity contribution in [1.82, 2.24) is 14.1 Å². The molecule has 0 saturated heterocycles. The van der Waals surface area contributed by atoms with Crippen molar-refractivity contribution >= 4 is 28.7 Å². The summed E-state index contributed by atoms with van der Waals surface area (Å²) in [5.41, 5.74) is 1.63. The van der Waals surface area contributed by atoms with E-state index in [0.717, 1.165) is 15.8 Å². The summed E-state index contributed by atoms with van der Waals surface area (Å²) in [5.74, 6) is 0.351. The smallest absolute Gasteiger partial charge is 0.267 e. The van der Waals surface area contributed by atoms with Gasteiger partial charge in [-0.2, -0.15) is 4.90 Å². The Labute approximate surface area is 136 Å². The number of aromatic amines is 1. The lowest BCUT2D eigenvalue weighted by molar-refractivity contribution is -0.637. The fourth-order valence-electron chi connectivity index (χ4n) is 3.18. The summed E-state index contributed by atoms with van der Waals surface area (Å²) in [6, 6.07) is 7.56. The van der Waals surface area contributed by atoms with Crippen LogP contribution in [0.25, 0.3) is 11.2 Å². The van der Waals surface area contributed by atoms with Crippen LogP contribution in [0.1, 0.15) is 5.56 Å². The molecule has 0 aliphatic carbocycles. The number of carbonyl (C=O) groups excluding carboxylic acids is 1. The molecule has 0 fully saturated rings. The van der Waals surface area contributed by atoms with E-state index >= 15 is 0 Å². The molecule has 8 heteroatoms. The van der Waals surface area contributed by atoms with Gasteiger partial charge < -0.3 is 0 Å². The lowest BCUT2D eigenvalue weighted by atomic mass is 10.2. The first-order valence-electron chi connectivity index (χ1n) is 7.51. The van der Waals surface area contributed by atoms with Crippen LogP contribution in [0.2, 0.25) is 0 Å². The average Bonchev–Trinajstić information content (AvgIpc) is 3.05. The van der Waals surface area contributed by atoms with E-state index in [0.29, 0.717) is 17.1 Å². The van der Waals surface area contributed by atoms with Crippen LogP contribution in [-0.4, -0.2) is 20.0 Å².